The highest BCUT2D eigenvalue weighted by molar-refractivity contribution is 6.30. The van der Waals surface area contributed by atoms with Crippen LogP contribution in [0, 0.1) is 12.8 Å². The first-order chi connectivity index (χ1) is 10.6. The maximum Gasteiger partial charge on any atom is 0.244 e. The number of carbonyl (C=O) groups is 3. The molecule has 5 nitrogen and oxygen atoms in total. The molecule has 0 bridgehead atoms. The zero-order valence-corrected chi connectivity index (χ0v) is 12.6. The molecule has 2 N–H and O–H groups in total. The minimum atomic E-state index is -1.27. The van der Waals surface area contributed by atoms with Crippen LogP contribution >= 0.6 is 0 Å². The van der Waals surface area contributed by atoms with Crippen LogP contribution in [0.25, 0.3) is 0 Å². The molecule has 1 aliphatic heterocycles. The van der Waals surface area contributed by atoms with E-state index in [4.69, 9.17) is 0 Å². The van der Waals surface area contributed by atoms with Gasteiger partial charge in [-0.15, -0.1) is 0 Å². The number of amides is 2. The van der Waals surface area contributed by atoms with E-state index in [1.807, 2.05) is 13.0 Å². The summed E-state index contributed by atoms with van der Waals surface area (Å²) in [6, 6.07) is 5.34. The van der Waals surface area contributed by atoms with Crippen LogP contribution in [0.15, 0.2) is 18.2 Å². The second-order valence-electron chi connectivity index (χ2n) is 6.18. The molecule has 0 saturated heterocycles. The molecule has 1 heterocycles. The van der Waals surface area contributed by atoms with E-state index < -0.39 is 23.5 Å². The number of benzene rings is 1. The average Bonchev–Trinajstić information content (AvgIpc) is 2.49. The highest BCUT2D eigenvalue weighted by atomic mass is 16.2. The lowest BCUT2D eigenvalue weighted by Gasteiger charge is -2.27. The standard InChI is InChI=1S/C17H20N2O3/c1-10-7-8-13-12(9-10)15(20)14(17(22)19-13)16(21)18-11-5-3-2-4-6-11/h7-9,11,14H,2-6H2,1H3,(H,18,21)(H,19,22). The van der Waals surface area contributed by atoms with Crippen molar-refractivity contribution in [2.24, 2.45) is 5.92 Å². The summed E-state index contributed by atoms with van der Waals surface area (Å²) in [6.07, 6.45) is 5.19. The summed E-state index contributed by atoms with van der Waals surface area (Å²) in [4.78, 5) is 37.1. The fraction of sp³-hybridized carbons (Fsp3) is 0.471. The molecule has 22 heavy (non-hydrogen) atoms. The van der Waals surface area contributed by atoms with Gasteiger partial charge in [0.25, 0.3) is 0 Å². The topological polar surface area (TPSA) is 75.3 Å². The van der Waals surface area contributed by atoms with Crippen LogP contribution < -0.4 is 10.6 Å². The SMILES string of the molecule is Cc1ccc2c(c1)C(=O)C(C(=O)NC1CCCCC1)C(=O)N2. The largest absolute Gasteiger partial charge is 0.352 e. The van der Waals surface area contributed by atoms with Gasteiger partial charge in [-0.05, 0) is 31.9 Å². The minimum Gasteiger partial charge on any atom is -0.352 e. The van der Waals surface area contributed by atoms with Crippen molar-refractivity contribution in [1.82, 2.24) is 5.32 Å². The van der Waals surface area contributed by atoms with E-state index in [1.54, 1.807) is 12.1 Å². The molecule has 1 aromatic rings. The van der Waals surface area contributed by atoms with Crippen LogP contribution in [0.4, 0.5) is 5.69 Å². The van der Waals surface area contributed by atoms with Gasteiger partial charge < -0.3 is 10.6 Å². The minimum absolute atomic E-state index is 0.0840. The second-order valence-corrected chi connectivity index (χ2v) is 6.18. The monoisotopic (exact) mass is 300 g/mol. The third-order valence-corrected chi connectivity index (χ3v) is 4.44. The van der Waals surface area contributed by atoms with Crippen LogP contribution in [0.3, 0.4) is 0 Å². The Kier molecular flexibility index (Phi) is 3.96. The van der Waals surface area contributed by atoms with Crippen molar-refractivity contribution in [2.75, 3.05) is 5.32 Å². The lowest BCUT2D eigenvalue weighted by molar-refractivity contribution is -0.131. The smallest absolute Gasteiger partial charge is 0.244 e. The first-order valence-corrected chi connectivity index (χ1v) is 7.82. The molecule has 1 aromatic carbocycles. The van der Waals surface area contributed by atoms with Crippen LogP contribution in [0.2, 0.25) is 0 Å². The average molecular weight is 300 g/mol. The lowest BCUT2D eigenvalue weighted by Crippen LogP contribution is -2.48. The second kappa shape index (κ2) is 5.91. The first-order valence-electron chi connectivity index (χ1n) is 7.82. The Morgan fingerprint density at radius 1 is 1.18 bits per heavy atom. The molecule has 1 saturated carbocycles. The third-order valence-electron chi connectivity index (χ3n) is 4.44. The molecule has 1 aliphatic carbocycles. The predicted molar refractivity (Wildman–Crippen MR) is 82.6 cm³/mol. The van der Waals surface area contributed by atoms with E-state index in [-0.39, 0.29) is 6.04 Å². The summed E-state index contributed by atoms with van der Waals surface area (Å²) in [5.74, 6) is -2.68. The van der Waals surface area contributed by atoms with Gasteiger partial charge in [-0.3, -0.25) is 14.4 Å². The van der Waals surface area contributed by atoms with Gasteiger partial charge in [0.05, 0.1) is 5.69 Å². The molecular formula is C17H20N2O3. The molecule has 1 atom stereocenters. The van der Waals surface area contributed by atoms with Gasteiger partial charge >= 0.3 is 0 Å². The Hall–Kier alpha value is -2.17. The highest BCUT2D eigenvalue weighted by Gasteiger charge is 2.40. The molecule has 116 valence electrons. The normalized spacial score (nSPS) is 22.0. The number of Topliss-reactive ketones (excluding diaryl/α,β-unsaturated/α-hetero) is 1. The maximum absolute atomic E-state index is 12.5. The molecule has 2 aliphatic rings. The van der Waals surface area contributed by atoms with E-state index in [0.29, 0.717) is 11.3 Å². The van der Waals surface area contributed by atoms with Gasteiger partial charge in [-0.25, -0.2) is 0 Å². The van der Waals surface area contributed by atoms with Crippen molar-refractivity contribution in [1.29, 1.82) is 0 Å². The van der Waals surface area contributed by atoms with Crippen molar-refractivity contribution in [2.45, 2.75) is 45.1 Å². The predicted octanol–water partition coefficient (Wildman–Crippen LogP) is 2.19. The number of aryl methyl sites for hydroxylation is 1. The van der Waals surface area contributed by atoms with Crippen LogP contribution in [-0.2, 0) is 9.59 Å². The Morgan fingerprint density at radius 2 is 1.91 bits per heavy atom. The fourth-order valence-electron chi connectivity index (χ4n) is 3.22. The van der Waals surface area contributed by atoms with Gasteiger partial charge in [0.1, 0.15) is 0 Å². The molecule has 0 aromatic heterocycles. The Labute approximate surface area is 129 Å². The third kappa shape index (κ3) is 2.75. The van der Waals surface area contributed by atoms with Crippen molar-refractivity contribution < 1.29 is 14.4 Å². The summed E-state index contributed by atoms with van der Waals surface area (Å²) < 4.78 is 0. The van der Waals surface area contributed by atoms with Crippen LogP contribution in [0.5, 0.6) is 0 Å². The quantitative estimate of drug-likeness (QED) is 0.822. The van der Waals surface area contributed by atoms with Gasteiger partial charge in [-0.1, -0.05) is 30.9 Å². The molecule has 0 radical (unpaired) electrons. The number of carbonyl (C=O) groups excluding carboxylic acids is 3. The summed E-state index contributed by atoms with van der Waals surface area (Å²) in [5.41, 5.74) is 1.83. The van der Waals surface area contributed by atoms with Crippen molar-refractivity contribution in [3.05, 3.63) is 29.3 Å². The lowest BCUT2D eigenvalue weighted by atomic mass is 9.89. The molecular weight excluding hydrogens is 280 g/mol. The number of anilines is 1. The highest BCUT2D eigenvalue weighted by Crippen LogP contribution is 2.27. The summed E-state index contributed by atoms with van der Waals surface area (Å²) >= 11 is 0. The van der Waals surface area contributed by atoms with Crippen LogP contribution in [0.1, 0.15) is 48.0 Å². The number of hydrogen-bond donors (Lipinski definition) is 2. The number of hydrogen-bond acceptors (Lipinski definition) is 3. The van der Waals surface area contributed by atoms with E-state index >= 15 is 0 Å². The maximum atomic E-state index is 12.5. The number of rotatable bonds is 2. The van der Waals surface area contributed by atoms with Gasteiger partial charge in [0.15, 0.2) is 11.7 Å². The first kappa shape index (κ1) is 14.8. The van der Waals surface area contributed by atoms with E-state index in [9.17, 15) is 14.4 Å². The molecule has 5 heteroatoms. The summed E-state index contributed by atoms with van der Waals surface area (Å²) in [5, 5.41) is 5.54. The Balaban J connectivity index is 1.79. The number of nitrogens with one attached hydrogen (secondary N) is 2. The molecule has 3 rings (SSSR count). The van der Waals surface area contributed by atoms with Crippen molar-refractivity contribution in [3.8, 4) is 0 Å². The Bertz CT molecular complexity index is 633. The summed E-state index contributed by atoms with van der Waals surface area (Å²) in [7, 11) is 0. The summed E-state index contributed by atoms with van der Waals surface area (Å²) in [6.45, 7) is 1.88. The van der Waals surface area contributed by atoms with Gasteiger partial charge in [0, 0.05) is 11.6 Å². The van der Waals surface area contributed by atoms with E-state index in [0.717, 1.165) is 31.2 Å². The van der Waals surface area contributed by atoms with Crippen molar-refractivity contribution in [3.63, 3.8) is 0 Å². The Morgan fingerprint density at radius 3 is 2.64 bits per heavy atom. The van der Waals surface area contributed by atoms with E-state index in [2.05, 4.69) is 10.6 Å². The molecule has 1 unspecified atom stereocenters. The zero-order chi connectivity index (χ0) is 15.7. The van der Waals surface area contributed by atoms with Crippen molar-refractivity contribution >= 4 is 23.3 Å². The van der Waals surface area contributed by atoms with Crippen LogP contribution in [-0.4, -0.2) is 23.6 Å². The molecule has 0 spiro atoms. The number of ketones is 1. The fourth-order valence-corrected chi connectivity index (χ4v) is 3.22. The number of fused-ring (bicyclic) bond motifs is 1. The van der Waals surface area contributed by atoms with Gasteiger partial charge in [-0.2, -0.15) is 0 Å². The zero-order valence-electron chi connectivity index (χ0n) is 12.6. The molecule has 1 fully saturated rings. The van der Waals surface area contributed by atoms with Gasteiger partial charge in [0.2, 0.25) is 11.8 Å². The van der Waals surface area contributed by atoms with E-state index in [1.165, 1.54) is 6.42 Å². The molecule has 2 amide bonds.